The van der Waals surface area contributed by atoms with Crippen molar-refractivity contribution in [3.8, 4) is 0 Å². The van der Waals surface area contributed by atoms with Crippen LogP contribution in [0.2, 0.25) is 0 Å². The van der Waals surface area contributed by atoms with Gasteiger partial charge in [-0.2, -0.15) is 0 Å². The Morgan fingerprint density at radius 1 is 1.44 bits per heavy atom. The summed E-state index contributed by atoms with van der Waals surface area (Å²) in [5, 5.41) is 14.6. The van der Waals surface area contributed by atoms with Crippen molar-refractivity contribution in [1.82, 2.24) is 5.32 Å². The van der Waals surface area contributed by atoms with Crippen molar-refractivity contribution in [2.24, 2.45) is 34.1 Å². The van der Waals surface area contributed by atoms with E-state index in [1.165, 1.54) is 25.7 Å². The van der Waals surface area contributed by atoms with E-state index in [-0.39, 0.29) is 11.7 Å². The minimum absolute atomic E-state index is 0.0482. The molecule has 0 heterocycles. The van der Waals surface area contributed by atoms with Gasteiger partial charge in [-0.05, 0) is 50.9 Å². The lowest BCUT2D eigenvalue weighted by Gasteiger charge is -2.26. The molecule has 3 atom stereocenters. The second kappa shape index (κ2) is 4.78. The van der Waals surface area contributed by atoms with Gasteiger partial charge in [0.1, 0.15) is 5.41 Å². The maximum Gasteiger partial charge on any atom is 0.233 e. The van der Waals surface area contributed by atoms with Crippen LogP contribution in [0.25, 0.3) is 0 Å². The molecule has 2 saturated carbocycles. The molecule has 5 nitrogen and oxygen atoms in total. The van der Waals surface area contributed by atoms with Gasteiger partial charge in [-0.15, -0.1) is 0 Å². The standard InChI is InChI=1S/C13H23N3O2/c1-13(2,11(14)16-18)12(17)15-7-10-6-8-3-4-9(10)5-8/h8-10,18H,3-7H2,1-2H3,(H2,14,16)(H,15,17). The first kappa shape index (κ1) is 13.2. The normalized spacial score (nSPS) is 31.7. The average molecular weight is 253 g/mol. The minimum atomic E-state index is -0.952. The van der Waals surface area contributed by atoms with E-state index in [0.29, 0.717) is 5.92 Å². The summed E-state index contributed by atoms with van der Waals surface area (Å²) in [6.45, 7) is 4.05. The number of amides is 1. The Morgan fingerprint density at radius 2 is 2.17 bits per heavy atom. The molecule has 2 fully saturated rings. The van der Waals surface area contributed by atoms with E-state index in [9.17, 15) is 4.79 Å². The summed E-state index contributed by atoms with van der Waals surface area (Å²) in [6.07, 6.45) is 5.26. The van der Waals surface area contributed by atoms with Gasteiger partial charge >= 0.3 is 0 Å². The van der Waals surface area contributed by atoms with E-state index in [4.69, 9.17) is 10.9 Å². The lowest BCUT2D eigenvalue weighted by molar-refractivity contribution is -0.126. The molecule has 3 unspecified atom stereocenters. The van der Waals surface area contributed by atoms with Crippen molar-refractivity contribution >= 4 is 11.7 Å². The van der Waals surface area contributed by atoms with Crippen LogP contribution in [-0.4, -0.2) is 23.5 Å². The predicted molar refractivity (Wildman–Crippen MR) is 69.1 cm³/mol. The number of hydrogen-bond acceptors (Lipinski definition) is 3. The summed E-state index contributed by atoms with van der Waals surface area (Å²) in [4.78, 5) is 12.0. The van der Waals surface area contributed by atoms with Crippen molar-refractivity contribution < 1.29 is 10.0 Å². The van der Waals surface area contributed by atoms with Crippen LogP contribution in [0, 0.1) is 23.2 Å². The Labute approximate surface area is 108 Å². The molecule has 0 aromatic rings. The average Bonchev–Trinajstić information content (AvgIpc) is 2.96. The van der Waals surface area contributed by atoms with Crippen molar-refractivity contribution in [1.29, 1.82) is 0 Å². The number of amidine groups is 1. The van der Waals surface area contributed by atoms with Gasteiger partial charge in [0.2, 0.25) is 5.91 Å². The highest BCUT2D eigenvalue weighted by Gasteiger charge is 2.40. The summed E-state index contributed by atoms with van der Waals surface area (Å²) >= 11 is 0. The third-order valence-electron chi connectivity index (χ3n) is 4.73. The maximum absolute atomic E-state index is 12.0. The molecule has 0 spiro atoms. The highest BCUT2D eigenvalue weighted by atomic mass is 16.4. The lowest BCUT2D eigenvalue weighted by atomic mass is 9.87. The quantitative estimate of drug-likeness (QED) is 0.305. The molecule has 2 aliphatic carbocycles. The van der Waals surface area contributed by atoms with Gasteiger partial charge in [0.25, 0.3) is 0 Å². The number of hydrogen-bond donors (Lipinski definition) is 3. The summed E-state index contributed by atoms with van der Waals surface area (Å²) in [6, 6.07) is 0. The van der Waals surface area contributed by atoms with Crippen LogP contribution < -0.4 is 11.1 Å². The Hall–Kier alpha value is -1.26. The molecule has 2 aliphatic rings. The van der Waals surface area contributed by atoms with Gasteiger partial charge in [-0.3, -0.25) is 4.79 Å². The highest BCUT2D eigenvalue weighted by molar-refractivity contribution is 6.05. The molecular weight excluding hydrogens is 230 g/mol. The molecule has 0 saturated heterocycles. The first-order chi connectivity index (χ1) is 8.45. The first-order valence-corrected chi connectivity index (χ1v) is 6.71. The number of carbonyl (C=O) groups excluding carboxylic acids is 1. The van der Waals surface area contributed by atoms with Crippen molar-refractivity contribution in [3.63, 3.8) is 0 Å². The third-order valence-corrected chi connectivity index (χ3v) is 4.73. The van der Waals surface area contributed by atoms with Crippen LogP contribution in [0.3, 0.4) is 0 Å². The topological polar surface area (TPSA) is 87.7 Å². The van der Waals surface area contributed by atoms with Gasteiger partial charge in [-0.25, -0.2) is 0 Å². The van der Waals surface area contributed by atoms with Crippen LogP contribution in [0.15, 0.2) is 5.16 Å². The zero-order valence-electron chi connectivity index (χ0n) is 11.1. The number of nitrogens with one attached hydrogen (secondary N) is 1. The molecule has 0 aromatic heterocycles. The molecule has 5 heteroatoms. The second-order valence-electron chi connectivity index (χ2n) is 6.26. The molecule has 2 rings (SSSR count). The van der Waals surface area contributed by atoms with Crippen LogP contribution in [0.1, 0.15) is 39.5 Å². The number of nitrogens with zero attached hydrogens (tertiary/aromatic N) is 1. The van der Waals surface area contributed by atoms with Crippen molar-refractivity contribution in [3.05, 3.63) is 0 Å². The zero-order chi connectivity index (χ0) is 13.3. The fraction of sp³-hybridized carbons (Fsp3) is 0.846. The van der Waals surface area contributed by atoms with E-state index in [1.807, 2.05) is 0 Å². The molecule has 18 heavy (non-hydrogen) atoms. The molecule has 2 bridgehead atoms. The van der Waals surface area contributed by atoms with Crippen LogP contribution >= 0.6 is 0 Å². The molecular formula is C13H23N3O2. The minimum Gasteiger partial charge on any atom is -0.409 e. The Morgan fingerprint density at radius 3 is 2.67 bits per heavy atom. The molecule has 0 radical (unpaired) electrons. The number of nitrogens with two attached hydrogens (primary N) is 1. The largest absolute Gasteiger partial charge is 0.409 e. The second-order valence-corrected chi connectivity index (χ2v) is 6.26. The number of carbonyl (C=O) groups is 1. The zero-order valence-corrected chi connectivity index (χ0v) is 11.1. The Kier molecular flexibility index (Phi) is 3.50. The molecule has 4 N–H and O–H groups in total. The third kappa shape index (κ3) is 2.31. The van der Waals surface area contributed by atoms with Crippen LogP contribution in [-0.2, 0) is 4.79 Å². The van der Waals surface area contributed by atoms with Crippen molar-refractivity contribution in [2.45, 2.75) is 39.5 Å². The van der Waals surface area contributed by atoms with Gasteiger partial charge in [0, 0.05) is 6.54 Å². The van der Waals surface area contributed by atoms with Gasteiger partial charge < -0.3 is 16.3 Å². The molecule has 0 aliphatic heterocycles. The number of oxime groups is 1. The summed E-state index contributed by atoms with van der Waals surface area (Å²) in [7, 11) is 0. The summed E-state index contributed by atoms with van der Waals surface area (Å²) < 4.78 is 0. The summed E-state index contributed by atoms with van der Waals surface area (Å²) in [5.41, 5.74) is 4.58. The monoisotopic (exact) mass is 253 g/mol. The van der Waals surface area contributed by atoms with E-state index in [2.05, 4.69) is 10.5 Å². The van der Waals surface area contributed by atoms with Crippen LogP contribution in [0.5, 0.6) is 0 Å². The summed E-state index contributed by atoms with van der Waals surface area (Å²) in [5.74, 6) is 2.08. The molecule has 0 aromatic carbocycles. The smallest absolute Gasteiger partial charge is 0.233 e. The predicted octanol–water partition coefficient (Wildman–Crippen LogP) is 1.31. The first-order valence-electron chi connectivity index (χ1n) is 6.71. The maximum atomic E-state index is 12.0. The van der Waals surface area contributed by atoms with Gasteiger partial charge in [-0.1, -0.05) is 11.6 Å². The number of rotatable bonds is 4. The highest BCUT2D eigenvalue weighted by Crippen LogP contribution is 2.47. The van der Waals surface area contributed by atoms with Gasteiger partial charge in [0.15, 0.2) is 5.84 Å². The lowest BCUT2D eigenvalue weighted by Crippen LogP contribution is -2.47. The fourth-order valence-corrected chi connectivity index (χ4v) is 3.31. The molecule has 102 valence electrons. The van der Waals surface area contributed by atoms with E-state index in [0.717, 1.165) is 18.4 Å². The van der Waals surface area contributed by atoms with Crippen molar-refractivity contribution in [2.75, 3.05) is 6.54 Å². The van der Waals surface area contributed by atoms with E-state index in [1.54, 1.807) is 13.8 Å². The number of fused-ring (bicyclic) bond motifs is 2. The van der Waals surface area contributed by atoms with E-state index < -0.39 is 5.41 Å². The fourth-order valence-electron chi connectivity index (χ4n) is 3.31. The Balaban J connectivity index is 1.85. The van der Waals surface area contributed by atoms with Crippen LogP contribution in [0.4, 0.5) is 0 Å². The molecule has 1 amide bonds. The van der Waals surface area contributed by atoms with E-state index >= 15 is 0 Å². The SMILES string of the molecule is CC(C)(C(=O)NCC1CC2CCC1C2)C(N)=NO. The van der Waals surface area contributed by atoms with Gasteiger partial charge in [0.05, 0.1) is 0 Å². The Bertz CT molecular complexity index is 365.